The molecule has 0 saturated carbocycles. The first-order valence-electron chi connectivity index (χ1n) is 7.02. The molecule has 1 aliphatic rings. The topological polar surface area (TPSA) is 66.3 Å². The maximum Gasteiger partial charge on any atom is 0.322 e. The number of carbonyl (C=O) groups is 1. The summed E-state index contributed by atoms with van der Waals surface area (Å²) in [7, 11) is 1.87. The van der Waals surface area contributed by atoms with Crippen LogP contribution >= 0.6 is 0 Å². The molecule has 22 heavy (non-hydrogen) atoms. The molecule has 0 radical (unpaired) electrons. The van der Waals surface area contributed by atoms with E-state index in [0.29, 0.717) is 13.1 Å². The van der Waals surface area contributed by atoms with Crippen LogP contribution in [-0.4, -0.2) is 51.9 Å². The second-order valence-electron chi connectivity index (χ2n) is 5.13. The summed E-state index contributed by atoms with van der Waals surface area (Å²) < 4.78 is 15.2. The number of aromatic nitrogens is 3. The zero-order valence-electron chi connectivity index (χ0n) is 12.2. The van der Waals surface area contributed by atoms with Crippen LogP contribution in [-0.2, 0) is 7.05 Å². The molecule has 0 aromatic carbocycles. The number of anilines is 2. The molecule has 8 heteroatoms. The molecule has 2 amide bonds. The van der Waals surface area contributed by atoms with Crippen molar-refractivity contribution in [3.8, 4) is 0 Å². The van der Waals surface area contributed by atoms with Crippen molar-refractivity contribution in [1.82, 2.24) is 19.7 Å². The van der Waals surface area contributed by atoms with Gasteiger partial charge in [-0.2, -0.15) is 5.10 Å². The number of halogens is 1. The lowest BCUT2D eigenvalue weighted by Crippen LogP contribution is -2.50. The van der Waals surface area contributed by atoms with Crippen LogP contribution in [0.2, 0.25) is 0 Å². The lowest BCUT2D eigenvalue weighted by Gasteiger charge is -2.35. The van der Waals surface area contributed by atoms with E-state index in [0.717, 1.165) is 25.0 Å². The van der Waals surface area contributed by atoms with E-state index in [1.54, 1.807) is 9.58 Å². The molecule has 0 spiro atoms. The Morgan fingerprint density at radius 2 is 2.05 bits per heavy atom. The predicted molar refractivity (Wildman–Crippen MR) is 80.2 cm³/mol. The van der Waals surface area contributed by atoms with Crippen molar-refractivity contribution in [2.75, 3.05) is 36.4 Å². The minimum absolute atomic E-state index is 0.148. The van der Waals surface area contributed by atoms with Crippen LogP contribution in [0.15, 0.2) is 30.9 Å². The van der Waals surface area contributed by atoms with Gasteiger partial charge in [0.05, 0.1) is 23.8 Å². The molecule has 1 saturated heterocycles. The Balaban J connectivity index is 1.57. The number of aryl methyl sites for hydroxylation is 1. The molecule has 2 aromatic heterocycles. The second kappa shape index (κ2) is 6.00. The maximum absolute atomic E-state index is 13.5. The largest absolute Gasteiger partial charge is 0.365 e. The third-order valence-corrected chi connectivity index (χ3v) is 3.64. The first-order chi connectivity index (χ1) is 10.6. The van der Waals surface area contributed by atoms with E-state index in [-0.39, 0.29) is 11.7 Å². The molecular formula is C14H17FN6O. The number of amides is 2. The summed E-state index contributed by atoms with van der Waals surface area (Å²) in [5.41, 5.74) is 1.19. The number of piperazine rings is 1. The van der Waals surface area contributed by atoms with Crippen LogP contribution in [0.5, 0.6) is 0 Å². The van der Waals surface area contributed by atoms with Gasteiger partial charge in [-0.25, -0.2) is 9.18 Å². The van der Waals surface area contributed by atoms with Gasteiger partial charge >= 0.3 is 6.03 Å². The Hall–Kier alpha value is -2.64. The molecule has 1 N–H and O–H groups in total. The van der Waals surface area contributed by atoms with Crippen molar-refractivity contribution in [2.24, 2.45) is 7.05 Å². The number of carbonyl (C=O) groups excluding carboxylic acids is 1. The van der Waals surface area contributed by atoms with Crippen LogP contribution in [0, 0.1) is 5.82 Å². The van der Waals surface area contributed by atoms with E-state index in [9.17, 15) is 9.18 Å². The Bertz CT molecular complexity index is 665. The highest BCUT2D eigenvalue weighted by atomic mass is 19.1. The summed E-state index contributed by atoms with van der Waals surface area (Å²) in [6.07, 6.45) is 6.28. The van der Waals surface area contributed by atoms with E-state index in [4.69, 9.17) is 0 Å². The zero-order valence-corrected chi connectivity index (χ0v) is 12.2. The smallest absolute Gasteiger partial charge is 0.322 e. The Kier molecular flexibility index (Phi) is 3.90. The lowest BCUT2D eigenvalue weighted by molar-refractivity contribution is 0.208. The van der Waals surface area contributed by atoms with E-state index in [1.165, 1.54) is 12.3 Å². The van der Waals surface area contributed by atoms with Gasteiger partial charge in [0.15, 0.2) is 5.82 Å². The predicted octanol–water partition coefficient (Wildman–Crippen LogP) is 1.31. The number of pyridine rings is 1. The summed E-state index contributed by atoms with van der Waals surface area (Å²) >= 11 is 0. The fourth-order valence-electron chi connectivity index (χ4n) is 2.41. The molecule has 1 aliphatic heterocycles. The van der Waals surface area contributed by atoms with Crippen LogP contribution in [0.3, 0.4) is 0 Å². The summed E-state index contributed by atoms with van der Waals surface area (Å²) in [5.74, 6) is -0.537. The Morgan fingerprint density at radius 1 is 1.27 bits per heavy atom. The third-order valence-electron chi connectivity index (χ3n) is 3.64. The average molecular weight is 304 g/mol. The summed E-state index contributed by atoms with van der Waals surface area (Å²) in [6.45, 7) is 2.59. The number of urea groups is 1. The fourth-order valence-corrected chi connectivity index (χ4v) is 2.41. The van der Waals surface area contributed by atoms with E-state index in [2.05, 4.69) is 20.3 Å². The molecule has 0 bridgehead atoms. The number of rotatable bonds is 2. The number of hydrogen-bond donors (Lipinski definition) is 1. The molecule has 3 rings (SSSR count). The zero-order chi connectivity index (χ0) is 15.5. The SMILES string of the molecule is Cn1cc(N2CCN(C(=O)Nc3ccncc3F)CC2)cn1. The molecule has 116 valence electrons. The number of hydrogen-bond acceptors (Lipinski definition) is 4. The third kappa shape index (κ3) is 3.00. The maximum atomic E-state index is 13.5. The van der Waals surface area contributed by atoms with Crippen molar-refractivity contribution in [1.29, 1.82) is 0 Å². The molecular weight excluding hydrogens is 287 g/mol. The normalized spacial score (nSPS) is 15.0. The Morgan fingerprint density at radius 3 is 2.68 bits per heavy atom. The standard InChI is InChI=1S/C14H17FN6O/c1-19-10-11(8-17-19)20-4-6-21(7-5-20)14(22)18-13-2-3-16-9-12(13)15/h2-3,8-10H,4-7H2,1H3,(H,16,18,22). The summed E-state index contributed by atoms with van der Waals surface area (Å²) in [6, 6.07) is 1.15. The quantitative estimate of drug-likeness (QED) is 0.908. The molecule has 0 aliphatic carbocycles. The van der Waals surface area contributed by atoms with Crippen LogP contribution in [0.1, 0.15) is 0 Å². The van der Waals surface area contributed by atoms with Crippen molar-refractivity contribution < 1.29 is 9.18 Å². The van der Waals surface area contributed by atoms with Crippen molar-refractivity contribution in [2.45, 2.75) is 0 Å². The summed E-state index contributed by atoms with van der Waals surface area (Å²) in [5, 5.41) is 6.72. The number of nitrogens with one attached hydrogen (secondary N) is 1. The highest BCUT2D eigenvalue weighted by Crippen LogP contribution is 2.16. The van der Waals surface area contributed by atoms with Gasteiger partial charge in [-0.1, -0.05) is 0 Å². The first kappa shape index (κ1) is 14.3. The molecule has 7 nitrogen and oxygen atoms in total. The molecule has 1 fully saturated rings. The molecule has 2 aromatic rings. The molecule has 0 atom stereocenters. The van der Waals surface area contributed by atoms with Gasteiger partial charge in [-0.3, -0.25) is 9.67 Å². The monoisotopic (exact) mass is 304 g/mol. The fraction of sp³-hybridized carbons (Fsp3) is 0.357. The van der Waals surface area contributed by atoms with Gasteiger partial charge in [-0.15, -0.1) is 0 Å². The average Bonchev–Trinajstić information content (AvgIpc) is 2.96. The molecule has 0 unspecified atom stereocenters. The lowest BCUT2D eigenvalue weighted by atomic mass is 10.3. The van der Waals surface area contributed by atoms with Gasteiger partial charge in [-0.05, 0) is 6.07 Å². The van der Waals surface area contributed by atoms with E-state index >= 15 is 0 Å². The second-order valence-corrected chi connectivity index (χ2v) is 5.13. The van der Waals surface area contributed by atoms with E-state index in [1.807, 2.05) is 19.4 Å². The van der Waals surface area contributed by atoms with Gasteiger partial charge in [0.25, 0.3) is 0 Å². The van der Waals surface area contributed by atoms with Crippen molar-refractivity contribution >= 4 is 17.4 Å². The van der Waals surface area contributed by atoms with Crippen molar-refractivity contribution in [3.63, 3.8) is 0 Å². The van der Waals surface area contributed by atoms with Crippen molar-refractivity contribution in [3.05, 3.63) is 36.7 Å². The molecule has 3 heterocycles. The minimum atomic E-state index is -0.537. The number of nitrogens with zero attached hydrogens (tertiary/aromatic N) is 5. The van der Waals surface area contributed by atoms with Gasteiger partial charge in [0.2, 0.25) is 0 Å². The summed E-state index contributed by atoms with van der Waals surface area (Å²) in [4.78, 5) is 19.7. The minimum Gasteiger partial charge on any atom is -0.365 e. The van der Waals surface area contributed by atoms with Crippen LogP contribution in [0.4, 0.5) is 20.6 Å². The Labute approximate surface area is 127 Å². The van der Waals surface area contributed by atoms with Crippen LogP contribution < -0.4 is 10.2 Å². The van der Waals surface area contributed by atoms with Crippen LogP contribution in [0.25, 0.3) is 0 Å². The van der Waals surface area contributed by atoms with E-state index < -0.39 is 5.82 Å². The van der Waals surface area contributed by atoms with Gasteiger partial charge < -0.3 is 15.1 Å². The van der Waals surface area contributed by atoms with Gasteiger partial charge in [0, 0.05) is 45.6 Å². The van der Waals surface area contributed by atoms with Gasteiger partial charge in [0.1, 0.15) is 0 Å². The first-order valence-corrected chi connectivity index (χ1v) is 7.02. The highest BCUT2D eigenvalue weighted by Gasteiger charge is 2.22. The highest BCUT2D eigenvalue weighted by molar-refractivity contribution is 5.89.